The maximum absolute atomic E-state index is 11.3. The molecule has 0 radical (unpaired) electrons. The van der Waals surface area contributed by atoms with Gasteiger partial charge in [0.05, 0.1) is 15.9 Å². The van der Waals surface area contributed by atoms with E-state index >= 15 is 0 Å². The summed E-state index contributed by atoms with van der Waals surface area (Å²) >= 11 is 0. The van der Waals surface area contributed by atoms with Crippen LogP contribution in [0.15, 0.2) is 6.07 Å². The minimum atomic E-state index is -1.57. The van der Waals surface area contributed by atoms with Crippen molar-refractivity contribution in [2.24, 2.45) is 0 Å². The first kappa shape index (κ1) is 12.4. The molecule has 0 saturated heterocycles. The maximum atomic E-state index is 11.3. The van der Waals surface area contributed by atoms with E-state index in [0.717, 1.165) is 0 Å². The molecule has 3 N–H and O–H groups in total. The lowest BCUT2D eigenvalue weighted by Crippen LogP contribution is -2.15. The Balaban J connectivity index is 3.69. The molecule has 0 aliphatic carbocycles. The van der Waals surface area contributed by atoms with Gasteiger partial charge in [-0.2, -0.15) is 0 Å². The van der Waals surface area contributed by atoms with E-state index in [1.807, 2.05) is 0 Å². The second-order valence-corrected chi connectivity index (χ2v) is 2.74. The van der Waals surface area contributed by atoms with E-state index in [0.29, 0.717) is 0 Å². The summed E-state index contributed by atoms with van der Waals surface area (Å²) in [6.07, 6.45) is 0. The standard InChI is InChI=1S/C6H5N3O8/c10-5-2(7(12)13)1-3(8(14)15)6(11)4(5)9(16)17/h1,10-11,16-17H/p-1. The van der Waals surface area contributed by atoms with Gasteiger partial charge in [-0.15, -0.1) is 5.23 Å². The van der Waals surface area contributed by atoms with Crippen molar-refractivity contribution in [1.29, 1.82) is 0 Å². The van der Waals surface area contributed by atoms with Crippen LogP contribution in [0.2, 0.25) is 0 Å². The third kappa shape index (κ3) is 1.99. The largest absolute Gasteiger partial charge is 0.866 e. The van der Waals surface area contributed by atoms with Crippen molar-refractivity contribution < 1.29 is 30.5 Å². The van der Waals surface area contributed by atoms with Crippen LogP contribution in [0, 0.1) is 20.2 Å². The fourth-order valence-corrected chi connectivity index (χ4v) is 1.07. The summed E-state index contributed by atoms with van der Waals surface area (Å²) < 4.78 is 0. The minimum Gasteiger partial charge on any atom is -0.866 e. The van der Waals surface area contributed by atoms with Crippen molar-refractivity contribution in [2.45, 2.75) is 0 Å². The summed E-state index contributed by atoms with van der Waals surface area (Å²) in [6.45, 7) is 0. The summed E-state index contributed by atoms with van der Waals surface area (Å²) in [7, 11) is 0. The molecule has 0 aliphatic rings. The van der Waals surface area contributed by atoms with Crippen LogP contribution in [0.1, 0.15) is 0 Å². The summed E-state index contributed by atoms with van der Waals surface area (Å²) in [5.41, 5.74) is -3.83. The molecule has 1 rings (SSSR count). The van der Waals surface area contributed by atoms with Crippen molar-refractivity contribution in [3.05, 3.63) is 26.3 Å². The van der Waals surface area contributed by atoms with E-state index in [4.69, 9.17) is 10.4 Å². The smallest absolute Gasteiger partial charge is 0.319 e. The summed E-state index contributed by atoms with van der Waals surface area (Å²) in [6, 6.07) is 0.227. The molecule has 17 heavy (non-hydrogen) atoms. The van der Waals surface area contributed by atoms with Crippen LogP contribution in [-0.2, 0) is 0 Å². The van der Waals surface area contributed by atoms with Crippen molar-refractivity contribution in [3.63, 3.8) is 0 Å². The normalized spacial score (nSPS) is 10.0. The fraction of sp³-hybridized carbons (Fsp3) is 0. The SMILES string of the molecule is O=[N+]([O-])c1cc([N+](=O)[O-])c(O)c(N(O)O)c1[O-]. The number of nitro groups is 2. The van der Waals surface area contributed by atoms with Crippen LogP contribution in [0.4, 0.5) is 17.1 Å². The lowest BCUT2D eigenvalue weighted by Gasteiger charge is -2.17. The molecule has 0 saturated carbocycles. The average Bonchev–Trinajstić information content (AvgIpc) is 2.15. The highest BCUT2D eigenvalue weighted by Gasteiger charge is 2.28. The molecule has 0 atom stereocenters. The number of benzene rings is 1. The van der Waals surface area contributed by atoms with Gasteiger partial charge in [0.15, 0.2) is 0 Å². The predicted molar refractivity (Wildman–Crippen MR) is 46.9 cm³/mol. The maximum Gasteiger partial charge on any atom is 0.319 e. The minimum absolute atomic E-state index is 0.227. The Morgan fingerprint density at radius 3 is 1.94 bits per heavy atom. The first-order chi connectivity index (χ1) is 7.77. The van der Waals surface area contributed by atoms with E-state index in [1.54, 1.807) is 0 Å². The van der Waals surface area contributed by atoms with Crippen LogP contribution in [0.25, 0.3) is 0 Å². The molecule has 11 heteroatoms. The molecule has 1 aromatic carbocycles. The molecule has 92 valence electrons. The number of phenols is 1. The van der Waals surface area contributed by atoms with Gasteiger partial charge < -0.3 is 10.2 Å². The van der Waals surface area contributed by atoms with Gasteiger partial charge in [0.1, 0.15) is 5.69 Å². The molecule has 0 unspecified atom stereocenters. The van der Waals surface area contributed by atoms with E-state index < -0.39 is 43.6 Å². The number of nitro benzene ring substituents is 2. The van der Waals surface area contributed by atoms with Crippen LogP contribution in [-0.4, -0.2) is 25.4 Å². The van der Waals surface area contributed by atoms with Crippen LogP contribution >= 0.6 is 0 Å². The predicted octanol–water partition coefficient (Wildman–Crippen LogP) is -0.133. The topological polar surface area (TPSA) is 173 Å². The number of aromatic hydroxyl groups is 1. The number of phenolic OH excluding ortho intramolecular Hbond substituents is 1. The second-order valence-electron chi connectivity index (χ2n) is 2.74. The van der Waals surface area contributed by atoms with E-state index in [1.165, 1.54) is 0 Å². The first-order valence-corrected chi connectivity index (χ1v) is 3.81. The third-order valence-electron chi connectivity index (χ3n) is 1.78. The molecule has 1 aromatic rings. The highest BCUT2D eigenvalue weighted by atomic mass is 16.8. The highest BCUT2D eigenvalue weighted by Crippen LogP contribution is 2.46. The molecular formula is C6H4N3O8-. The second kappa shape index (κ2) is 4.07. The molecule has 0 spiro atoms. The Morgan fingerprint density at radius 2 is 1.59 bits per heavy atom. The highest BCUT2D eigenvalue weighted by molar-refractivity contribution is 5.77. The van der Waals surface area contributed by atoms with Gasteiger partial charge in [-0.3, -0.25) is 30.6 Å². The molecule has 0 amide bonds. The van der Waals surface area contributed by atoms with E-state index in [2.05, 4.69) is 0 Å². The molecule has 0 bridgehead atoms. The number of hydrogen-bond acceptors (Lipinski definition) is 9. The molecule has 0 fully saturated rings. The Bertz CT molecular complexity index is 460. The number of hydrogen-bond donors (Lipinski definition) is 3. The zero-order chi connectivity index (χ0) is 13.3. The molecule has 0 heterocycles. The molecule has 0 aliphatic heterocycles. The lowest BCUT2D eigenvalue weighted by molar-refractivity contribution is -0.403. The monoisotopic (exact) mass is 246 g/mol. The molecule has 11 nitrogen and oxygen atoms in total. The number of anilines is 1. The van der Waals surface area contributed by atoms with Gasteiger partial charge in [-0.05, 0) is 0 Å². The van der Waals surface area contributed by atoms with Crippen LogP contribution < -0.4 is 10.3 Å². The van der Waals surface area contributed by atoms with Crippen molar-refractivity contribution >= 4 is 17.1 Å². The van der Waals surface area contributed by atoms with Crippen molar-refractivity contribution in [3.8, 4) is 11.5 Å². The van der Waals surface area contributed by atoms with Gasteiger partial charge >= 0.3 is 5.69 Å². The molecular weight excluding hydrogens is 242 g/mol. The van der Waals surface area contributed by atoms with Gasteiger partial charge in [-0.25, -0.2) is 0 Å². The number of nitrogens with zero attached hydrogens (tertiary/aromatic N) is 3. The van der Waals surface area contributed by atoms with Crippen molar-refractivity contribution in [2.75, 3.05) is 5.23 Å². The fourth-order valence-electron chi connectivity index (χ4n) is 1.07. The lowest BCUT2D eigenvalue weighted by atomic mass is 10.2. The van der Waals surface area contributed by atoms with Gasteiger partial charge in [0.25, 0.3) is 5.69 Å². The van der Waals surface area contributed by atoms with Crippen LogP contribution in [0.3, 0.4) is 0 Å². The Hall–Kier alpha value is -2.66. The third-order valence-corrected chi connectivity index (χ3v) is 1.78. The summed E-state index contributed by atoms with van der Waals surface area (Å²) in [5, 5.41) is 57.5. The average molecular weight is 246 g/mol. The van der Waals surface area contributed by atoms with Gasteiger partial charge in [0, 0.05) is 5.75 Å². The Labute approximate surface area is 91.6 Å². The zero-order valence-electron chi connectivity index (χ0n) is 7.80. The van der Waals surface area contributed by atoms with Crippen molar-refractivity contribution in [1.82, 2.24) is 0 Å². The van der Waals surface area contributed by atoms with Gasteiger partial charge in [0.2, 0.25) is 5.75 Å². The molecule has 0 aromatic heterocycles. The van der Waals surface area contributed by atoms with Crippen LogP contribution in [0.5, 0.6) is 11.5 Å². The number of rotatable bonds is 3. The Morgan fingerprint density at radius 1 is 1.12 bits per heavy atom. The zero-order valence-corrected chi connectivity index (χ0v) is 7.80. The Kier molecular flexibility index (Phi) is 2.97. The quantitative estimate of drug-likeness (QED) is 0.484. The summed E-state index contributed by atoms with van der Waals surface area (Å²) in [5.74, 6) is -2.95. The van der Waals surface area contributed by atoms with E-state index in [-0.39, 0.29) is 6.07 Å². The first-order valence-electron chi connectivity index (χ1n) is 3.81. The van der Waals surface area contributed by atoms with Gasteiger partial charge in [-0.1, -0.05) is 0 Å². The summed E-state index contributed by atoms with van der Waals surface area (Å²) in [4.78, 5) is 18.4. The van der Waals surface area contributed by atoms with E-state index in [9.17, 15) is 30.4 Å².